The standard InChI is InChI=1S/C19H17N5O3S/c1-23-14-8-7-12(9-15(14)24(2)19(23)26)10-20-22-17(25)11-28-18-21-13-5-3-4-6-16(13)27-18/h3-10H,11H2,1-2H3,(H,22,25)/b20-10+. The first-order chi connectivity index (χ1) is 13.5. The number of carbonyl (C=O) groups is 1. The van der Waals surface area contributed by atoms with Crippen molar-refractivity contribution in [3.63, 3.8) is 0 Å². The summed E-state index contributed by atoms with van der Waals surface area (Å²) in [5.41, 5.74) is 6.25. The van der Waals surface area contributed by atoms with Crippen molar-refractivity contribution in [2.24, 2.45) is 19.2 Å². The van der Waals surface area contributed by atoms with Gasteiger partial charge in [-0.15, -0.1) is 0 Å². The normalized spacial score (nSPS) is 11.6. The maximum atomic E-state index is 12.0. The van der Waals surface area contributed by atoms with E-state index in [1.165, 1.54) is 11.8 Å². The van der Waals surface area contributed by atoms with Gasteiger partial charge in [-0.25, -0.2) is 15.2 Å². The maximum absolute atomic E-state index is 12.0. The molecule has 2 aromatic heterocycles. The van der Waals surface area contributed by atoms with E-state index in [0.29, 0.717) is 10.8 Å². The third kappa shape index (κ3) is 3.44. The van der Waals surface area contributed by atoms with Crippen LogP contribution in [0.25, 0.3) is 22.1 Å². The third-order valence-corrected chi connectivity index (χ3v) is 5.13. The van der Waals surface area contributed by atoms with E-state index in [0.717, 1.165) is 22.1 Å². The highest BCUT2D eigenvalue weighted by Gasteiger charge is 2.09. The Morgan fingerprint density at radius 1 is 1.21 bits per heavy atom. The molecule has 4 rings (SSSR count). The summed E-state index contributed by atoms with van der Waals surface area (Å²) in [5.74, 6) is -0.132. The Kier molecular flexibility index (Phi) is 4.74. The van der Waals surface area contributed by atoms with E-state index in [1.54, 1.807) is 29.4 Å². The number of benzene rings is 2. The zero-order valence-electron chi connectivity index (χ0n) is 15.2. The van der Waals surface area contributed by atoms with Crippen molar-refractivity contribution in [2.45, 2.75) is 5.22 Å². The molecule has 0 atom stereocenters. The summed E-state index contributed by atoms with van der Waals surface area (Å²) in [7, 11) is 3.45. The minimum atomic E-state index is -0.267. The summed E-state index contributed by atoms with van der Waals surface area (Å²) < 4.78 is 8.72. The van der Waals surface area contributed by atoms with Gasteiger partial charge in [0.1, 0.15) is 5.52 Å². The summed E-state index contributed by atoms with van der Waals surface area (Å²) in [6.45, 7) is 0. The number of para-hydroxylation sites is 2. The fourth-order valence-corrected chi connectivity index (χ4v) is 3.49. The Morgan fingerprint density at radius 2 is 2.00 bits per heavy atom. The summed E-state index contributed by atoms with van der Waals surface area (Å²) in [6.07, 6.45) is 1.54. The molecule has 0 radical (unpaired) electrons. The van der Waals surface area contributed by atoms with Gasteiger partial charge in [-0.1, -0.05) is 30.0 Å². The number of hydrogen-bond acceptors (Lipinski definition) is 6. The minimum absolute atomic E-state index is 0.0892. The number of nitrogens with one attached hydrogen (secondary N) is 1. The van der Waals surface area contributed by atoms with Crippen molar-refractivity contribution in [1.29, 1.82) is 0 Å². The van der Waals surface area contributed by atoms with E-state index < -0.39 is 0 Å². The quantitative estimate of drug-likeness (QED) is 0.318. The zero-order valence-corrected chi connectivity index (χ0v) is 16.1. The SMILES string of the molecule is Cn1c(=O)n(C)c2cc(/C=N/NC(=O)CSc3nc4ccccc4o3)ccc21. The lowest BCUT2D eigenvalue weighted by Gasteiger charge is -1.99. The molecule has 28 heavy (non-hydrogen) atoms. The number of imidazole rings is 1. The largest absolute Gasteiger partial charge is 0.431 e. The van der Waals surface area contributed by atoms with E-state index in [9.17, 15) is 9.59 Å². The van der Waals surface area contributed by atoms with E-state index in [4.69, 9.17) is 4.42 Å². The monoisotopic (exact) mass is 395 g/mol. The average molecular weight is 395 g/mol. The predicted molar refractivity (Wildman–Crippen MR) is 109 cm³/mol. The molecule has 0 aliphatic carbocycles. The van der Waals surface area contributed by atoms with E-state index in [1.807, 2.05) is 42.5 Å². The lowest BCUT2D eigenvalue weighted by atomic mass is 10.2. The van der Waals surface area contributed by atoms with Gasteiger partial charge in [0.15, 0.2) is 5.58 Å². The van der Waals surface area contributed by atoms with Gasteiger partial charge in [0.2, 0.25) is 0 Å². The zero-order chi connectivity index (χ0) is 19.7. The first-order valence-corrected chi connectivity index (χ1v) is 9.47. The molecular weight excluding hydrogens is 378 g/mol. The third-order valence-electron chi connectivity index (χ3n) is 4.30. The fraction of sp³-hybridized carbons (Fsp3) is 0.158. The summed E-state index contributed by atoms with van der Waals surface area (Å²) in [4.78, 5) is 28.2. The lowest BCUT2D eigenvalue weighted by Crippen LogP contribution is -2.19. The number of carbonyl (C=O) groups excluding carboxylic acids is 1. The second kappa shape index (κ2) is 7.35. The number of hydrogen-bond donors (Lipinski definition) is 1. The number of nitrogens with zero attached hydrogens (tertiary/aromatic N) is 4. The van der Waals surface area contributed by atoms with Crippen LogP contribution in [0, 0.1) is 0 Å². The van der Waals surface area contributed by atoms with Gasteiger partial charge in [0.25, 0.3) is 11.1 Å². The average Bonchev–Trinajstić information content (AvgIpc) is 3.21. The fourth-order valence-electron chi connectivity index (χ4n) is 2.86. The summed E-state index contributed by atoms with van der Waals surface area (Å²) in [6, 6.07) is 13.0. The molecule has 0 saturated heterocycles. The van der Waals surface area contributed by atoms with Gasteiger partial charge in [0.05, 0.1) is 23.0 Å². The van der Waals surface area contributed by atoms with E-state index in [-0.39, 0.29) is 17.3 Å². The van der Waals surface area contributed by atoms with Crippen LogP contribution < -0.4 is 11.1 Å². The number of aryl methyl sites for hydroxylation is 2. The van der Waals surface area contributed by atoms with Gasteiger partial charge in [0, 0.05) is 14.1 Å². The number of hydrazone groups is 1. The van der Waals surface area contributed by atoms with Crippen molar-refractivity contribution < 1.29 is 9.21 Å². The molecule has 1 amide bonds. The van der Waals surface area contributed by atoms with Crippen LogP contribution in [-0.4, -0.2) is 32.0 Å². The second-order valence-corrected chi connectivity index (χ2v) is 7.10. The number of oxazole rings is 1. The number of thioether (sulfide) groups is 1. The van der Waals surface area contributed by atoms with Crippen LogP contribution in [0.5, 0.6) is 0 Å². The molecule has 0 unspecified atom stereocenters. The predicted octanol–water partition coefficient (Wildman–Crippen LogP) is 2.26. The van der Waals surface area contributed by atoms with Crippen molar-refractivity contribution in [3.8, 4) is 0 Å². The van der Waals surface area contributed by atoms with Crippen LogP contribution in [0.3, 0.4) is 0 Å². The second-order valence-electron chi connectivity index (χ2n) is 6.18. The van der Waals surface area contributed by atoms with Crippen LogP contribution >= 0.6 is 11.8 Å². The van der Waals surface area contributed by atoms with Gasteiger partial charge < -0.3 is 4.42 Å². The molecule has 0 bridgehead atoms. The van der Waals surface area contributed by atoms with Crippen LogP contribution in [0.2, 0.25) is 0 Å². The van der Waals surface area contributed by atoms with Crippen LogP contribution in [0.15, 0.2) is 62.0 Å². The molecule has 0 spiro atoms. The molecule has 0 aliphatic rings. The van der Waals surface area contributed by atoms with Gasteiger partial charge in [-0.3, -0.25) is 13.9 Å². The highest BCUT2D eigenvalue weighted by atomic mass is 32.2. The van der Waals surface area contributed by atoms with Crippen molar-refractivity contribution >= 4 is 46.0 Å². The molecule has 142 valence electrons. The highest BCUT2D eigenvalue weighted by Crippen LogP contribution is 2.22. The number of aromatic nitrogens is 3. The Bertz CT molecular complexity index is 1230. The Morgan fingerprint density at radius 3 is 2.82 bits per heavy atom. The topological polar surface area (TPSA) is 94.4 Å². The number of rotatable bonds is 5. The Labute approximate surface area is 163 Å². The highest BCUT2D eigenvalue weighted by molar-refractivity contribution is 7.99. The summed E-state index contributed by atoms with van der Waals surface area (Å²) in [5, 5.41) is 4.42. The number of fused-ring (bicyclic) bond motifs is 2. The first kappa shape index (κ1) is 18.1. The molecule has 1 N–H and O–H groups in total. The Hall–Kier alpha value is -3.33. The Balaban J connectivity index is 1.37. The smallest absolute Gasteiger partial charge is 0.328 e. The molecule has 0 saturated carbocycles. The van der Waals surface area contributed by atoms with Crippen LogP contribution in [-0.2, 0) is 18.9 Å². The molecule has 9 heteroatoms. The van der Waals surface area contributed by atoms with E-state index in [2.05, 4.69) is 15.5 Å². The molecule has 2 heterocycles. The first-order valence-electron chi connectivity index (χ1n) is 8.48. The molecular formula is C19H17N5O3S. The minimum Gasteiger partial charge on any atom is -0.431 e. The van der Waals surface area contributed by atoms with Crippen LogP contribution in [0.4, 0.5) is 0 Å². The molecule has 8 nitrogen and oxygen atoms in total. The lowest BCUT2D eigenvalue weighted by molar-refractivity contribution is -0.118. The molecule has 2 aromatic carbocycles. The van der Waals surface area contributed by atoms with Gasteiger partial charge in [-0.05, 0) is 29.8 Å². The van der Waals surface area contributed by atoms with E-state index >= 15 is 0 Å². The van der Waals surface area contributed by atoms with Gasteiger partial charge in [-0.2, -0.15) is 5.10 Å². The molecule has 4 aromatic rings. The van der Waals surface area contributed by atoms with Crippen molar-refractivity contribution in [1.82, 2.24) is 19.5 Å². The van der Waals surface area contributed by atoms with Crippen molar-refractivity contribution in [2.75, 3.05) is 5.75 Å². The summed E-state index contributed by atoms with van der Waals surface area (Å²) >= 11 is 1.20. The molecule has 0 fully saturated rings. The molecule has 0 aliphatic heterocycles. The van der Waals surface area contributed by atoms with Gasteiger partial charge >= 0.3 is 5.69 Å². The number of amides is 1. The maximum Gasteiger partial charge on any atom is 0.328 e. The van der Waals surface area contributed by atoms with Crippen molar-refractivity contribution in [3.05, 3.63) is 58.5 Å². The van der Waals surface area contributed by atoms with Crippen LogP contribution in [0.1, 0.15) is 5.56 Å².